The Morgan fingerprint density at radius 2 is 1.76 bits per heavy atom. The molecule has 0 bridgehead atoms. The molecule has 0 amide bonds. The largest absolute Gasteiger partial charge is 0.508 e. The van der Waals surface area contributed by atoms with Crippen molar-refractivity contribution in [1.29, 1.82) is 0 Å². The van der Waals surface area contributed by atoms with Crippen LogP contribution in [0.4, 0.5) is 0 Å². The summed E-state index contributed by atoms with van der Waals surface area (Å²) < 4.78 is 12.2. The molecule has 0 aliphatic heterocycles. The van der Waals surface area contributed by atoms with Crippen LogP contribution in [0.15, 0.2) is 83.8 Å². The molecule has 4 rings (SSSR count). The highest BCUT2D eigenvalue weighted by atomic mass is 16.5. The molecule has 1 aromatic heterocycles. The van der Waals surface area contributed by atoms with E-state index in [0.29, 0.717) is 34.0 Å². The quantitative estimate of drug-likeness (QED) is 0.326. The summed E-state index contributed by atoms with van der Waals surface area (Å²) in [5.41, 5.74) is 2.70. The minimum absolute atomic E-state index is 0.126. The van der Waals surface area contributed by atoms with Crippen LogP contribution in [0.25, 0.3) is 23.0 Å². The van der Waals surface area contributed by atoms with Gasteiger partial charge in [-0.25, -0.2) is 4.79 Å². The third-order valence-electron chi connectivity index (χ3n) is 5.14. The number of methoxy groups -OCH3 is 2. The van der Waals surface area contributed by atoms with E-state index in [-0.39, 0.29) is 17.2 Å². The van der Waals surface area contributed by atoms with Gasteiger partial charge in [0.15, 0.2) is 17.3 Å². The number of carbonyl (C=O) groups excluding carboxylic acids is 1. The molecule has 0 atom stereocenters. The molecule has 0 radical (unpaired) electrons. The van der Waals surface area contributed by atoms with Gasteiger partial charge in [-0.1, -0.05) is 30.3 Å². The number of carbonyl (C=O) groups is 1. The number of phenolic OH excluding ortho intramolecular Hbond substituents is 1. The lowest BCUT2D eigenvalue weighted by molar-refractivity contribution is 0.104. The van der Waals surface area contributed by atoms with E-state index in [1.54, 1.807) is 87.2 Å². The summed E-state index contributed by atoms with van der Waals surface area (Å²) in [7, 11) is 3.10. The van der Waals surface area contributed by atoms with Gasteiger partial charge in [-0.2, -0.15) is 0 Å². The fourth-order valence-corrected chi connectivity index (χ4v) is 3.53. The van der Waals surface area contributed by atoms with Crippen LogP contribution in [-0.2, 0) is 0 Å². The van der Waals surface area contributed by atoms with Gasteiger partial charge in [-0.3, -0.25) is 9.36 Å². The number of hydrogen-bond acceptors (Lipinski definition) is 5. The molecule has 2 N–H and O–H groups in total. The number of aromatic amines is 1. The topological polar surface area (TPSA) is 93.6 Å². The number of ketones is 1. The van der Waals surface area contributed by atoms with E-state index in [4.69, 9.17) is 9.47 Å². The molecule has 0 spiro atoms. The summed E-state index contributed by atoms with van der Waals surface area (Å²) in [4.78, 5) is 28.1. The molecular weight excluding hydrogens is 420 g/mol. The highest BCUT2D eigenvalue weighted by molar-refractivity contribution is 6.07. The molecule has 0 fully saturated rings. The molecule has 166 valence electrons. The number of aromatic nitrogens is 2. The third-order valence-corrected chi connectivity index (χ3v) is 5.14. The van der Waals surface area contributed by atoms with Gasteiger partial charge in [-0.05, 0) is 54.1 Å². The molecule has 7 nitrogen and oxygen atoms in total. The van der Waals surface area contributed by atoms with Gasteiger partial charge >= 0.3 is 5.69 Å². The number of nitrogens with zero attached hydrogens (tertiary/aromatic N) is 1. The van der Waals surface area contributed by atoms with Crippen LogP contribution in [0.5, 0.6) is 17.2 Å². The Morgan fingerprint density at radius 1 is 0.970 bits per heavy atom. The number of nitrogens with one attached hydrogen (secondary N) is 1. The van der Waals surface area contributed by atoms with E-state index in [1.165, 1.54) is 10.6 Å². The minimum atomic E-state index is -0.334. The second-order valence-electron chi connectivity index (χ2n) is 7.23. The number of allylic oxidation sites excluding steroid dienone is 1. The monoisotopic (exact) mass is 442 g/mol. The molecule has 7 heteroatoms. The SMILES string of the molecule is COc1ccc(-c2c[nH]c(=O)n2-c2cccc(C(=O)C=Cc3cccc(O)c3)c2)cc1OC. The van der Waals surface area contributed by atoms with Gasteiger partial charge in [0.25, 0.3) is 0 Å². The van der Waals surface area contributed by atoms with Crippen molar-refractivity contribution in [2.24, 2.45) is 0 Å². The predicted octanol–water partition coefficient (Wildman–Crippen LogP) is 4.45. The standard InChI is InChI=1S/C26H22N2O5/c1-32-24-12-10-18(15-25(24)33-2)22-16-27-26(31)28(22)20-7-4-6-19(14-20)23(30)11-9-17-5-3-8-21(29)13-17/h3-16,29H,1-2H3,(H,27,31). The number of benzene rings is 3. The first-order valence-corrected chi connectivity index (χ1v) is 10.1. The van der Waals surface area contributed by atoms with E-state index >= 15 is 0 Å². The smallest absolute Gasteiger partial charge is 0.330 e. The lowest BCUT2D eigenvalue weighted by Crippen LogP contribution is -2.16. The summed E-state index contributed by atoms with van der Waals surface area (Å²) in [5, 5.41) is 9.58. The van der Waals surface area contributed by atoms with E-state index in [9.17, 15) is 14.7 Å². The fourth-order valence-electron chi connectivity index (χ4n) is 3.53. The molecule has 0 aliphatic rings. The number of phenols is 1. The van der Waals surface area contributed by atoms with Gasteiger partial charge in [0.05, 0.1) is 25.6 Å². The number of hydrogen-bond donors (Lipinski definition) is 2. The third kappa shape index (κ3) is 4.57. The number of ether oxygens (including phenoxy) is 2. The van der Waals surface area contributed by atoms with Crippen LogP contribution in [0.2, 0.25) is 0 Å². The molecule has 1 heterocycles. The second kappa shape index (κ2) is 9.32. The summed E-state index contributed by atoms with van der Waals surface area (Å²) in [6, 6.07) is 18.8. The van der Waals surface area contributed by atoms with Gasteiger partial charge in [0.1, 0.15) is 5.75 Å². The molecule has 0 saturated carbocycles. The molecule has 4 aromatic rings. The second-order valence-corrected chi connectivity index (χ2v) is 7.23. The van der Waals surface area contributed by atoms with Crippen molar-refractivity contribution < 1.29 is 19.4 Å². The Morgan fingerprint density at radius 3 is 2.52 bits per heavy atom. The van der Waals surface area contributed by atoms with Crippen LogP contribution in [0, 0.1) is 0 Å². The summed E-state index contributed by atoms with van der Waals surface area (Å²) in [5.74, 6) is 1.02. The highest BCUT2D eigenvalue weighted by Crippen LogP contribution is 2.32. The molecular formula is C26H22N2O5. The number of rotatable bonds is 7. The highest BCUT2D eigenvalue weighted by Gasteiger charge is 2.14. The van der Waals surface area contributed by atoms with E-state index in [1.807, 2.05) is 6.07 Å². The Bertz CT molecular complexity index is 1400. The number of H-pyrrole nitrogens is 1. The van der Waals surface area contributed by atoms with Crippen LogP contribution in [0.1, 0.15) is 15.9 Å². The summed E-state index contributed by atoms with van der Waals surface area (Å²) in [6.45, 7) is 0. The Kier molecular flexibility index (Phi) is 6.13. The van der Waals surface area contributed by atoms with Crippen LogP contribution in [0.3, 0.4) is 0 Å². The lowest BCUT2D eigenvalue weighted by atomic mass is 10.1. The fraction of sp³-hybridized carbons (Fsp3) is 0.0769. The normalized spacial score (nSPS) is 11.0. The maximum absolute atomic E-state index is 12.7. The summed E-state index contributed by atoms with van der Waals surface area (Å²) >= 11 is 0. The van der Waals surface area contributed by atoms with Gasteiger partial charge < -0.3 is 19.6 Å². The van der Waals surface area contributed by atoms with Crippen molar-refractivity contribution in [1.82, 2.24) is 9.55 Å². The van der Waals surface area contributed by atoms with Crippen molar-refractivity contribution in [3.05, 3.63) is 101 Å². The molecule has 33 heavy (non-hydrogen) atoms. The average Bonchev–Trinajstić information content (AvgIpc) is 3.23. The molecule has 3 aromatic carbocycles. The van der Waals surface area contributed by atoms with Crippen LogP contribution in [-0.4, -0.2) is 34.7 Å². The zero-order valence-corrected chi connectivity index (χ0v) is 18.1. The van der Waals surface area contributed by atoms with Gasteiger partial charge in [0.2, 0.25) is 0 Å². The molecule has 0 saturated heterocycles. The minimum Gasteiger partial charge on any atom is -0.508 e. The zero-order chi connectivity index (χ0) is 23.4. The van der Waals surface area contributed by atoms with Crippen molar-refractivity contribution in [2.45, 2.75) is 0 Å². The van der Waals surface area contributed by atoms with Gasteiger partial charge in [-0.15, -0.1) is 0 Å². The van der Waals surface area contributed by atoms with Crippen molar-refractivity contribution in [3.63, 3.8) is 0 Å². The predicted molar refractivity (Wildman–Crippen MR) is 126 cm³/mol. The van der Waals surface area contributed by atoms with E-state index in [0.717, 1.165) is 5.56 Å². The van der Waals surface area contributed by atoms with Crippen LogP contribution >= 0.6 is 0 Å². The Labute approximate surface area is 190 Å². The lowest BCUT2D eigenvalue weighted by Gasteiger charge is -2.12. The van der Waals surface area contributed by atoms with Crippen molar-refractivity contribution >= 4 is 11.9 Å². The van der Waals surface area contributed by atoms with Crippen molar-refractivity contribution in [3.8, 4) is 34.2 Å². The van der Waals surface area contributed by atoms with E-state index in [2.05, 4.69) is 4.98 Å². The Balaban J connectivity index is 1.69. The maximum Gasteiger partial charge on any atom is 0.330 e. The Hall–Kier alpha value is -4.52. The summed E-state index contributed by atoms with van der Waals surface area (Å²) in [6.07, 6.45) is 4.68. The van der Waals surface area contributed by atoms with Crippen molar-refractivity contribution in [2.75, 3.05) is 14.2 Å². The first-order chi connectivity index (χ1) is 16.0. The van der Waals surface area contributed by atoms with E-state index < -0.39 is 0 Å². The molecule has 0 aliphatic carbocycles. The number of imidazole rings is 1. The zero-order valence-electron chi connectivity index (χ0n) is 18.1. The molecule has 0 unspecified atom stereocenters. The van der Waals surface area contributed by atoms with Gasteiger partial charge in [0, 0.05) is 17.3 Å². The van der Waals surface area contributed by atoms with Crippen LogP contribution < -0.4 is 15.2 Å². The maximum atomic E-state index is 12.7. The first-order valence-electron chi connectivity index (χ1n) is 10.1. The first kappa shape index (κ1) is 21.7. The number of aromatic hydroxyl groups is 1. The average molecular weight is 442 g/mol.